The highest BCUT2D eigenvalue weighted by atomic mass is 79.9. The molecule has 0 aromatic heterocycles. The minimum Gasteiger partial charge on any atom is -0.378 e. The molecule has 124 valence electrons. The van der Waals surface area contributed by atoms with Gasteiger partial charge in [-0.2, -0.15) is 5.26 Å². The van der Waals surface area contributed by atoms with Crippen molar-refractivity contribution in [1.29, 1.82) is 5.26 Å². The molecule has 0 spiro atoms. The lowest BCUT2D eigenvalue weighted by molar-refractivity contribution is -0.0290. The van der Waals surface area contributed by atoms with E-state index in [1.807, 2.05) is 37.4 Å². The van der Waals surface area contributed by atoms with Gasteiger partial charge in [-0.1, -0.05) is 34.1 Å². The lowest BCUT2D eigenvalue weighted by atomic mass is 9.85. The SMILES string of the molecule is COC1(Cc2ccccc2Br)CCN(c2ccc(C#N)cc2)CC1. The van der Waals surface area contributed by atoms with E-state index in [4.69, 9.17) is 10.00 Å². The Labute approximate surface area is 152 Å². The highest BCUT2D eigenvalue weighted by Gasteiger charge is 2.35. The van der Waals surface area contributed by atoms with Gasteiger partial charge in [-0.3, -0.25) is 0 Å². The molecule has 2 aromatic carbocycles. The molecule has 0 radical (unpaired) electrons. The van der Waals surface area contributed by atoms with Gasteiger partial charge in [0.05, 0.1) is 17.2 Å². The van der Waals surface area contributed by atoms with Gasteiger partial charge in [-0.05, 0) is 48.7 Å². The maximum Gasteiger partial charge on any atom is 0.0991 e. The van der Waals surface area contributed by atoms with Crippen LogP contribution < -0.4 is 4.90 Å². The van der Waals surface area contributed by atoms with Crippen LogP contribution in [0.5, 0.6) is 0 Å². The number of hydrogen-bond donors (Lipinski definition) is 0. The van der Waals surface area contributed by atoms with E-state index >= 15 is 0 Å². The quantitative estimate of drug-likeness (QED) is 0.775. The summed E-state index contributed by atoms with van der Waals surface area (Å²) in [5.41, 5.74) is 3.08. The van der Waals surface area contributed by atoms with Crippen LogP contribution in [0.4, 0.5) is 5.69 Å². The number of rotatable bonds is 4. The summed E-state index contributed by atoms with van der Waals surface area (Å²) in [6, 6.07) is 18.4. The van der Waals surface area contributed by atoms with Crippen LogP contribution >= 0.6 is 15.9 Å². The van der Waals surface area contributed by atoms with Gasteiger partial charge in [-0.25, -0.2) is 0 Å². The summed E-state index contributed by atoms with van der Waals surface area (Å²) in [6.07, 6.45) is 2.90. The Bertz CT molecular complexity index is 728. The molecule has 3 nitrogen and oxygen atoms in total. The van der Waals surface area contributed by atoms with Crippen LogP contribution in [0.1, 0.15) is 24.0 Å². The van der Waals surface area contributed by atoms with E-state index in [1.54, 1.807) is 0 Å². The van der Waals surface area contributed by atoms with E-state index in [0.717, 1.165) is 36.8 Å². The molecule has 0 amide bonds. The molecule has 1 fully saturated rings. The molecule has 1 saturated heterocycles. The van der Waals surface area contributed by atoms with Crippen molar-refractivity contribution in [1.82, 2.24) is 0 Å². The first-order valence-corrected chi connectivity index (χ1v) is 8.99. The molecule has 3 rings (SSSR count). The largest absolute Gasteiger partial charge is 0.378 e. The zero-order chi connectivity index (χ0) is 17.0. The fourth-order valence-electron chi connectivity index (χ4n) is 3.36. The Kier molecular flexibility index (Phi) is 5.23. The second-order valence-corrected chi connectivity index (χ2v) is 7.16. The Morgan fingerprint density at radius 2 is 1.79 bits per heavy atom. The molecule has 0 atom stereocenters. The van der Waals surface area contributed by atoms with Crippen LogP contribution in [0.25, 0.3) is 0 Å². The summed E-state index contributed by atoms with van der Waals surface area (Å²) < 4.78 is 7.12. The van der Waals surface area contributed by atoms with E-state index in [2.05, 4.69) is 45.1 Å². The summed E-state index contributed by atoms with van der Waals surface area (Å²) in [6.45, 7) is 1.92. The molecule has 0 N–H and O–H groups in total. The third kappa shape index (κ3) is 3.63. The Morgan fingerprint density at radius 1 is 1.12 bits per heavy atom. The van der Waals surface area contributed by atoms with Crippen molar-refractivity contribution in [2.45, 2.75) is 24.9 Å². The number of methoxy groups -OCH3 is 1. The zero-order valence-corrected chi connectivity index (χ0v) is 15.4. The Morgan fingerprint density at radius 3 is 2.38 bits per heavy atom. The number of anilines is 1. The third-order valence-electron chi connectivity index (χ3n) is 4.94. The number of nitrogens with zero attached hydrogens (tertiary/aromatic N) is 2. The molecular weight excluding hydrogens is 364 g/mol. The van der Waals surface area contributed by atoms with E-state index in [-0.39, 0.29) is 5.60 Å². The second-order valence-electron chi connectivity index (χ2n) is 6.30. The van der Waals surface area contributed by atoms with Gasteiger partial charge in [0, 0.05) is 36.8 Å². The van der Waals surface area contributed by atoms with Crippen LogP contribution in [0.2, 0.25) is 0 Å². The molecule has 1 heterocycles. The monoisotopic (exact) mass is 384 g/mol. The van der Waals surface area contributed by atoms with Crippen molar-refractivity contribution < 1.29 is 4.74 Å². The predicted molar refractivity (Wildman–Crippen MR) is 100 cm³/mol. The normalized spacial score (nSPS) is 16.6. The van der Waals surface area contributed by atoms with Gasteiger partial charge in [0.25, 0.3) is 0 Å². The molecule has 24 heavy (non-hydrogen) atoms. The first kappa shape index (κ1) is 17.0. The number of ether oxygens (including phenoxy) is 1. The van der Waals surface area contributed by atoms with Crippen LogP contribution in [0, 0.1) is 11.3 Å². The average Bonchev–Trinajstić information content (AvgIpc) is 2.64. The van der Waals surface area contributed by atoms with E-state index in [9.17, 15) is 0 Å². The van der Waals surface area contributed by atoms with Gasteiger partial charge in [0.15, 0.2) is 0 Å². The van der Waals surface area contributed by atoms with Gasteiger partial charge in [0.1, 0.15) is 0 Å². The van der Waals surface area contributed by atoms with Crippen molar-refractivity contribution in [2.24, 2.45) is 0 Å². The molecule has 0 unspecified atom stereocenters. The highest BCUT2D eigenvalue weighted by molar-refractivity contribution is 9.10. The predicted octanol–water partition coefficient (Wildman–Crippen LogP) is 4.55. The number of hydrogen-bond acceptors (Lipinski definition) is 3. The van der Waals surface area contributed by atoms with Gasteiger partial charge in [-0.15, -0.1) is 0 Å². The van der Waals surface area contributed by atoms with Crippen molar-refractivity contribution in [3.8, 4) is 6.07 Å². The van der Waals surface area contributed by atoms with Crippen LogP contribution in [-0.4, -0.2) is 25.8 Å². The topological polar surface area (TPSA) is 36.3 Å². The maximum atomic E-state index is 8.92. The number of piperidine rings is 1. The van der Waals surface area contributed by atoms with E-state index < -0.39 is 0 Å². The van der Waals surface area contributed by atoms with Gasteiger partial charge >= 0.3 is 0 Å². The van der Waals surface area contributed by atoms with Crippen molar-refractivity contribution in [2.75, 3.05) is 25.1 Å². The molecule has 0 bridgehead atoms. The van der Waals surface area contributed by atoms with E-state index in [1.165, 1.54) is 11.3 Å². The van der Waals surface area contributed by atoms with Crippen LogP contribution in [0.15, 0.2) is 53.0 Å². The molecule has 4 heteroatoms. The van der Waals surface area contributed by atoms with Crippen molar-refractivity contribution in [3.63, 3.8) is 0 Å². The Balaban J connectivity index is 1.69. The molecule has 1 aliphatic rings. The van der Waals surface area contributed by atoms with Gasteiger partial charge in [0.2, 0.25) is 0 Å². The summed E-state index contributed by atoms with van der Waals surface area (Å²) in [5, 5.41) is 8.92. The minimum atomic E-state index is -0.104. The van der Waals surface area contributed by atoms with Crippen LogP contribution in [0.3, 0.4) is 0 Å². The summed E-state index contributed by atoms with van der Waals surface area (Å²) in [4.78, 5) is 2.37. The molecule has 1 aliphatic heterocycles. The Hall–Kier alpha value is -1.83. The molecule has 0 saturated carbocycles. The average molecular weight is 385 g/mol. The first-order valence-electron chi connectivity index (χ1n) is 8.19. The smallest absolute Gasteiger partial charge is 0.0991 e. The standard InChI is InChI=1S/C20H21BrN2O/c1-24-20(14-17-4-2-3-5-19(17)21)10-12-23(13-11-20)18-8-6-16(15-22)7-9-18/h2-9H,10-14H2,1H3. The lowest BCUT2D eigenvalue weighted by Crippen LogP contribution is -2.47. The number of halogens is 1. The fourth-order valence-corrected chi connectivity index (χ4v) is 3.79. The van der Waals surface area contributed by atoms with Crippen LogP contribution in [-0.2, 0) is 11.2 Å². The van der Waals surface area contributed by atoms with E-state index in [0.29, 0.717) is 5.56 Å². The zero-order valence-electron chi connectivity index (χ0n) is 13.8. The lowest BCUT2D eigenvalue weighted by Gasteiger charge is -2.42. The highest BCUT2D eigenvalue weighted by Crippen LogP contribution is 2.33. The van der Waals surface area contributed by atoms with Crippen molar-refractivity contribution in [3.05, 3.63) is 64.1 Å². The number of nitriles is 1. The van der Waals surface area contributed by atoms with Crippen molar-refractivity contribution >= 4 is 21.6 Å². The molecular formula is C20H21BrN2O. The molecule has 2 aromatic rings. The molecule has 0 aliphatic carbocycles. The summed E-state index contributed by atoms with van der Waals surface area (Å²) in [5.74, 6) is 0. The maximum absolute atomic E-state index is 8.92. The first-order chi connectivity index (χ1) is 11.7. The summed E-state index contributed by atoms with van der Waals surface area (Å²) >= 11 is 3.65. The third-order valence-corrected chi connectivity index (χ3v) is 5.71. The minimum absolute atomic E-state index is 0.104. The van der Waals surface area contributed by atoms with Gasteiger partial charge < -0.3 is 9.64 Å². The fraction of sp³-hybridized carbons (Fsp3) is 0.350. The second kappa shape index (κ2) is 7.38. The summed E-state index contributed by atoms with van der Waals surface area (Å²) in [7, 11) is 1.83. The number of benzene rings is 2.